The molecule has 0 spiro atoms. The van der Waals surface area contributed by atoms with E-state index in [-0.39, 0.29) is 11.7 Å². The van der Waals surface area contributed by atoms with Gasteiger partial charge in [-0.25, -0.2) is 20.2 Å². The van der Waals surface area contributed by atoms with Crippen LogP contribution in [0.5, 0.6) is 11.6 Å². The summed E-state index contributed by atoms with van der Waals surface area (Å²) in [4.78, 5) is 8.18. The number of nitrogens with one attached hydrogen (secondary N) is 1. The number of nitrogen functional groups attached to an aromatic ring is 1. The topological polar surface area (TPSA) is 73.1 Å². The third-order valence-electron chi connectivity index (χ3n) is 2.66. The summed E-state index contributed by atoms with van der Waals surface area (Å²) in [5.41, 5.74) is 3.28. The van der Waals surface area contributed by atoms with Crippen LogP contribution in [0.2, 0.25) is 0 Å². The summed E-state index contributed by atoms with van der Waals surface area (Å²) < 4.78 is 19.3. The molecule has 0 amide bonds. The van der Waals surface area contributed by atoms with Gasteiger partial charge in [-0.1, -0.05) is 13.8 Å². The summed E-state index contributed by atoms with van der Waals surface area (Å²) in [6.45, 7) is 3.96. The zero-order valence-corrected chi connectivity index (χ0v) is 12.6. The van der Waals surface area contributed by atoms with Gasteiger partial charge in [0, 0.05) is 0 Å². The zero-order valence-electron chi connectivity index (χ0n) is 11.0. The summed E-state index contributed by atoms with van der Waals surface area (Å²) in [5, 5.41) is 0. The SMILES string of the molecule is CC(C)c1c(NN)ncnc1Oc1ccc(F)cc1Br. The Bertz CT molecular complexity index is 621. The second kappa shape index (κ2) is 6.15. The van der Waals surface area contributed by atoms with E-state index >= 15 is 0 Å². The zero-order chi connectivity index (χ0) is 14.7. The Hall–Kier alpha value is -1.73. The van der Waals surface area contributed by atoms with Crippen LogP contribution in [-0.2, 0) is 0 Å². The van der Waals surface area contributed by atoms with Crippen molar-refractivity contribution in [2.24, 2.45) is 5.84 Å². The largest absolute Gasteiger partial charge is 0.437 e. The molecule has 7 heteroatoms. The molecule has 1 aromatic carbocycles. The highest BCUT2D eigenvalue weighted by atomic mass is 79.9. The van der Waals surface area contributed by atoms with Crippen LogP contribution in [0.15, 0.2) is 29.0 Å². The maximum absolute atomic E-state index is 13.1. The van der Waals surface area contributed by atoms with Crippen molar-refractivity contribution in [2.45, 2.75) is 19.8 Å². The lowest BCUT2D eigenvalue weighted by Crippen LogP contribution is -2.13. The molecule has 5 nitrogen and oxygen atoms in total. The van der Waals surface area contributed by atoms with Gasteiger partial charge in [0.25, 0.3) is 0 Å². The molecule has 3 N–H and O–H groups in total. The molecule has 0 aliphatic carbocycles. The van der Waals surface area contributed by atoms with Crippen LogP contribution in [-0.4, -0.2) is 9.97 Å². The van der Waals surface area contributed by atoms with Crippen molar-refractivity contribution in [3.05, 3.63) is 40.4 Å². The van der Waals surface area contributed by atoms with Crippen LogP contribution >= 0.6 is 15.9 Å². The third-order valence-corrected chi connectivity index (χ3v) is 3.28. The minimum Gasteiger partial charge on any atom is -0.437 e. The van der Waals surface area contributed by atoms with Crippen LogP contribution in [0.4, 0.5) is 10.2 Å². The number of hydrazine groups is 1. The third kappa shape index (κ3) is 3.05. The van der Waals surface area contributed by atoms with E-state index in [1.807, 2.05) is 13.8 Å². The van der Waals surface area contributed by atoms with Crippen molar-refractivity contribution >= 4 is 21.7 Å². The van der Waals surface area contributed by atoms with Crippen molar-refractivity contribution in [1.29, 1.82) is 0 Å². The average Bonchev–Trinajstić information content (AvgIpc) is 2.41. The molecule has 0 bridgehead atoms. The van der Waals surface area contributed by atoms with Gasteiger partial charge in [-0.05, 0) is 40.0 Å². The van der Waals surface area contributed by atoms with E-state index in [1.54, 1.807) is 0 Å². The van der Waals surface area contributed by atoms with Gasteiger partial charge < -0.3 is 10.2 Å². The van der Waals surface area contributed by atoms with Gasteiger partial charge in [-0.15, -0.1) is 0 Å². The van der Waals surface area contributed by atoms with E-state index in [0.29, 0.717) is 21.9 Å². The van der Waals surface area contributed by atoms with Gasteiger partial charge in [0.2, 0.25) is 5.88 Å². The molecule has 0 aliphatic heterocycles. The number of rotatable bonds is 4. The van der Waals surface area contributed by atoms with Gasteiger partial charge >= 0.3 is 0 Å². The van der Waals surface area contributed by atoms with E-state index in [4.69, 9.17) is 10.6 Å². The quantitative estimate of drug-likeness (QED) is 0.657. The predicted molar refractivity (Wildman–Crippen MR) is 78.1 cm³/mol. The molecule has 2 aromatic rings. The molecule has 0 saturated heterocycles. The average molecular weight is 341 g/mol. The molecule has 0 saturated carbocycles. The van der Waals surface area contributed by atoms with Crippen molar-refractivity contribution < 1.29 is 9.13 Å². The maximum Gasteiger partial charge on any atom is 0.227 e. The van der Waals surface area contributed by atoms with E-state index in [2.05, 4.69) is 31.3 Å². The normalized spacial score (nSPS) is 10.7. The molecule has 106 valence electrons. The van der Waals surface area contributed by atoms with E-state index in [1.165, 1.54) is 24.5 Å². The highest BCUT2D eigenvalue weighted by molar-refractivity contribution is 9.10. The molecule has 20 heavy (non-hydrogen) atoms. The summed E-state index contributed by atoms with van der Waals surface area (Å²) in [6, 6.07) is 4.17. The molecule has 0 atom stereocenters. The van der Waals surface area contributed by atoms with Crippen molar-refractivity contribution in [3.8, 4) is 11.6 Å². The summed E-state index contributed by atoms with van der Waals surface area (Å²) in [6.07, 6.45) is 1.35. The Morgan fingerprint density at radius 3 is 2.70 bits per heavy atom. The first kappa shape index (κ1) is 14.7. The Morgan fingerprint density at radius 2 is 2.10 bits per heavy atom. The number of hydrogen-bond acceptors (Lipinski definition) is 5. The first-order chi connectivity index (χ1) is 9.52. The van der Waals surface area contributed by atoms with Crippen molar-refractivity contribution in [1.82, 2.24) is 9.97 Å². The lowest BCUT2D eigenvalue weighted by Gasteiger charge is -2.16. The van der Waals surface area contributed by atoms with Gasteiger partial charge in [-0.2, -0.15) is 0 Å². The lowest BCUT2D eigenvalue weighted by molar-refractivity contribution is 0.447. The number of ether oxygens (including phenoxy) is 1. The standard InChI is InChI=1S/C13H14BrFN4O/c1-7(2)11-12(19-16)17-6-18-13(11)20-10-4-3-8(15)5-9(10)14/h3-7H,16H2,1-2H3,(H,17,18,19). The monoisotopic (exact) mass is 340 g/mol. The van der Waals surface area contributed by atoms with Crippen LogP contribution in [0.3, 0.4) is 0 Å². The van der Waals surface area contributed by atoms with Crippen molar-refractivity contribution in [2.75, 3.05) is 5.43 Å². The smallest absolute Gasteiger partial charge is 0.227 e. The maximum atomic E-state index is 13.1. The first-order valence-electron chi connectivity index (χ1n) is 5.97. The first-order valence-corrected chi connectivity index (χ1v) is 6.76. The second-order valence-electron chi connectivity index (χ2n) is 4.42. The second-order valence-corrected chi connectivity index (χ2v) is 5.27. The Balaban J connectivity index is 2.43. The number of anilines is 1. The molecular formula is C13H14BrFN4O. The number of nitrogens with zero attached hydrogens (tertiary/aromatic N) is 2. The van der Waals surface area contributed by atoms with Crippen LogP contribution in [0.1, 0.15) is 25.3 Å². The number of halogens is 2. The number of aromatic nitrogens is 2. The van der Waals surface area contributed by atoms with Gasteiger partial charge in [0.1, 0.15) is 17.9 Å². The fourth-order valence-electron chi connectivity index (χ4n) is 1.76. The minimum atomic E-state index is -0.347. The molecule has 0 unspecified atom stereocenters. The highest BCUT2D eigenvalue weighted by Gasteiger charge is 2.17. The van der Waals surface area contributed by atoms with Crippen LogP contribution < -0.4 is 16.0 Å². The fraction of sp³-hybridized carbons (Fsp3) is 0.231. The van der Waals surface area contributed by atoms with Gasteiger partial charge in [0.15, 0.2) is 5.82 Å². The minimum absolute atomic E-state index is 0.108. The number of nitrogens with two attached hydrogens (primary N) is 1. The van der Waals surface area contributed by atoms with Crippen LogP contribution in [0, 0.1) is 5.82 Å². The summed E-state index contributed by atoms with van der Waals surface area (Å²) >= 11 is 3.25. The predicted octanol–water partition coefficient (Wildman–Crippen LogP) is 3.58. The molecule has 1 aromatic heterocycles. The number of benzene rings is 1. The molecule has 1 heterocycles. The van der Waals surface area contributed by atoms with Gasteiger partial charge in [0.05, 0.1) is 10.0 Å². The summed E-state index contributed by atoms with van der Waals surface area (Å²) in [5.74, 6) is 6.56. The fourth-order valence-corrected chi connectivity index (χ4v) is 2.19. The van der Waals surface area contributed by atoms with E-state index in [9.17, 15) is 4.39 Å². The lowest BCUT2D eigenvalue weighted by atomic mass is 10.1. The Morgan fingerprint density at radius 1 is 1.35 bits per heavy atom. The molecule has 0 fully saturated rings. The molecule has 0 aliphatic rings. The van der Waals surface area contributed by atoms with Gasteiger partial charge in [-0.3, -0.25) is 0 Å². The highest BCUT2D eigenvalue weighted by Crippen LogP contribution is 2.35. The van der Waals surface area contributed by atoms with E-state index in [0.717, 1.165) is 5.56 Å². The van der Waals surface area contributed by atoms with E-state index < -0.39 is 0 Å². The molecular weight excluding hydrogens is 327 g/mol. The Kier molecular flexibility index (Phi) is 4.51. The number of hydrogen-bond donors (Lipinski definition) is 2. The Labute approximate surface area is 124 Å². The van der Waals surface area contributed by atoms with Crippen LogP contribution in [0.25, 0.3) is 0 Å². The molecule has 0 radical (unpaired) electrons. The summed E-state index contributed by atoms with van der Waals surface area (Å²) in [7, 11) is 0. The van der Waals surface area contributed by atoms with Crippen molar-refractivity contribution in [3.63, 3.8) is 0 Å². The molecule has 2 rings (SSSR count).